The van der Waals surface area contributed by atoms with Crippen molar-refractivity contribution in [3.63, 3.8) is 0 Å². The first-order valence-electron chi connectivity index (χ1n) is 4.89. The molecule has 78 valence electrons. The van der Waals surface area contributed by atoms with Gasteiger partial charge in [0.2, 0.25) is 0 Å². The van der Waals surface area contributed by atoms with Gasteiger partial charge in [0, 0.05) is 5.69 Å². The summed E-state index contributed by atoms with van der Waals surface area (Å²) in [5, 5.41) is 0. The number of rotatable bonds is 1. The van der Waals surface area contributed by atoms with Crippen LogP contribution in [0.15, 0.2) is 6.07 Å². The van der Waals surface area contributed by atoms with Crippen molar-refractivity contribution in [2.45, 2.75) is 40.0 Å². The van der Waals surface area contributed by atoms with Crippen LogP contribution in [0.2, 0.25) is 0 Å². The average Bonchev–Trinajstić information content (AvgIpc) is 2.02. The standard InChI is InChI=1S/C12H19NO/c1-8-10(12(3,4)5)7-11(14-6)9(2)13-8/h7H,1-6H3. The van der Waals surface area contributed by atoms with E-state index in [-0.39, 0.29) is 5.41 Å². The molecular formula is C12H19NO. The second-order valence-corrected chi connectivity index (χ2v) is 4.66. The molecule has 0 aliphatic heterocycles. The molecule has 0 N–H and O–H groups in total. The quantitative estimate of drug-likeness (QED) is 0.684. The van der Waals surface area contributed by atoms with Gasteiger partial charge in [-0.25, -0.2) is 0 Å². The van der Waals surface area contributed by atoms with Crippen LogP contribution >= 0.6 is 0 Å². The molecule has 0 unspecified atom stereocenters. The molecule has 0 fully saturated rings. The Morgan fingerprint density at radius 2 is 1.71 bits per heavy atom. The summed E-state index contributed by atoms with van der Waals surface area (Å²) in [5.41, 5.74) is 3.42. The van der Waals surface area contributed by atoms with Gasteiger partial charge in [-0.05, 0) is 30.9 Å². The van der Waals surface area contributed by atoms with Gasteiger partial charge in [0.25, 0.3) is 0 Å². The molecule has 0 radical (unpaired) electrons. The monoisotopic (exact) mass is 193 g/mol. The first-order chi connectivity index (χ1) is 6.36. The fourth-order valence-corrected chi connectivity index (χ4v) is 1.67. The first kappa shape index (κ1) is 11.0. The van der Waals surface area contributed by atoms with Crippen molar-refractivity contribution in [3.8, 4) is 5.75 Å². The third-order valence-corrected chi connectivity index (χ3v) is 2.39. The van der Waals surface area contributed by atoms with Crippen LogP contribution in [0.3, 0.4) is 0 Å². The molecular weight excluding hydrogens is 174 g/mol. The van der Waals surface area contributed by atoms with Gasteiger partial charge in [-0.2, -0.15) is 0 Å². The predicted octanol–water partition coefficient (Wildman–Crippen LogP) is 3.00. The molecule has 0 aliphatic carbocycles. The summed E-state index contributed by atoms with van der Waals surface area (Å²) < 4.78 is 5.27. The molecule has 0 saturated heterocycles. The first-order valence-corrected chi connectivity index (χ1v) is 4.89. The van der Waals surface area contributed by atoms with Crippen LogP contribution in [0.1, 0.15) is 37.7 Å². The van der Waals surface area contributed by atoms with E-state index in [4.69, 9.17) is 4.74 Å². The van der Waals surface area contributed by atoms with Crippen LogP contribution in [-0.2, 0) is 5.41 Å². The van der Waals surface area contributed by atoms with Crippen LogP contribution in [-0.4, -0.2) is 12.1 Å². The molecule has 1 aromatic heterocycles. The lowest BCUT2D eigenvalue weighted by atomic mass is 9.86. The number of aromatic nitrogens is 1. The van der Waals surface area contributed by atoms with Gasteiger partial charge in [0.1, 0.15) is 5.75 Å². The Kier molecular flexibility index (Phi) is 2.84. The third kappa shape index (κ3) is 2.06. The maximum Gasteiger partial charge on any atom is 0.140 e. The lowest BCUT2D eigenvalue weighted by Gasteiger charge is -2.22. The molecule has 0 bridgehead atoms. The normalized spacial score (nSPS) is 11.6. The molecule has 2 heteroatoms. The maximum atomic E-state index is 5.27. The number of pyridine rings is 1. The average molecular weight is 193 g/mol. The Bertz CT molecular complexity index is 337. The summed E-state index contributed by atoms with van der Waals surface area (Å²) in [4.78, 5) is 4.49. The summed E-state index contributed by atoms with van der Waals surface area (Å²) in [6.07, 6.45) is 0. The largest absolute Gasteiger partial charge is 0.495 e. The SMILES string of the molecule is COc1cc(C(C)(C)C)c(C)nc1C. The Hall–Kier alpha value is -1.05. The van der Waals surface area contributed by atoms with Crippen molar-refractivity contribution >= 4 is 0 Å². The molecule has 0 spiro atoms. The second-order valence-electron chi connectivity index (χ2n) is 4.66. The van der Waals surface area contributed by atoms with E-state index in [1.54, 1.807) is 7.11 Å². The molecule has 0 aliphatic rings. The Labute approximate surface area is 86.3 Å². The molecule has 1 aromatic rings. The van der Waals surface area contributed by atoms with E-state index in [2.05, 4.69) is 31.8 Å². The number of aryl methyl sites for hydroxylation is 2. The lowest BCUT2D eigenvalue weighted by Crippen LogP contribution is -2.14. The zero-order chi connectivity index (χ0) is 10.9. The van der Waals surface area contributed by atoms with Crippen molar-refractivity contribution in [2.24, 2.45) is 0 Å². The van der Waals surface area contributed by atoms with Crippen LogP contribution in [0.5, 0.6) is 5.75 Å². The van der Waals surface area contributed by atoms with E-state index in [0.29, 0.717) is 0 Å². The zero-order valence-electron chi connectivity index (χ0n) is 9.93. The lowest BCUT2D eigenvalue weighted by molar-refractivity contribution is 0.406. The van der Waals surface area contributed by atoms with Crippen LogP contribution < -0.4 is 4.74 Å². The summed E-state index contributed by atoms with van der Waals surface area (Å²) in [6.45, 7) is 10.6. The van der Waals surface area contributed by atoms with Crippen molar-refractivity contribution in [2.75, 3.05) is 7.11 Å². The summed E-state index contributed by atoms with van der Waals surface area (Å²) in [6, 6.07) is 2.09. The van der Waals surface area contributed by atoms with Gasteiger partial charge in [-0.15, -0.1) is 0 Å². The Balaban J connectivity index is 3.32. The third-order valence-electron chi connectivity index (χ3n) is 2.39. The fourth-order valence-electron chi connectivity index (χ4n) is 1.67. The minimum Gasteiger partial charge on any atom is -0.495 e. The number of methoxy groups -OCH3 is 1. The highest BCUT2D eigenvalue weighted by Crippen LogP contribution is 2.29. The van der Waals surface area contributed by atoms with E-state index in [9.17, 15) is 0 Å². The van der Waals surface area contributed by atoms with Crippen LogP contribution in [0, 0.1) is 13.8 Å². The molecule has 14 heavy (non-hydrogen) atoms. The highest BCUT2D eigenvalue weighted by Gasteiger charge is 2.18. The topological polar surface area (TPSA) is 22.1 Å². The van der Waals surface area contributed by atoms with Crippen molar-refractivity contribution < 1.29 is 4.74 Å². The molecule has 1 heterocycles. The Morgan fingerprint density at radius 1 is 1.14 bits per heavy atom. The van der Waals surface area contributed by atoms with Gasteiger partial charge in [0.15, 0.2) is 0 Å². The molecule has 2 nitrogen and oxygen atoms in total. The van der Waals surface area contributed by atoms with Gasteiger partial charge < -0.3 is 4.74 Å². The van der Waals surface area contributed by atoms with Crippen molar-refractivity contribution in [3.05, 3.63) is 23.0 Å². The minimum atomic E-state index is 0.123. The molecule has 0 aromatic carbocycles. The van der Waals surface area contributed by atoms with E-state index >= 15 is 0 Å². The van der Waals surface area contributed by atoms with Gasteiger partial charge in [-0.3, -0.25) is 4.98 Å². The minimum absolute atomic E-state index is 0.123. The number of hydrogen-bond donors (Lipinski definition) is 0. The second kappa shape index (κ2) is 3.60. The summed E-state index contributed by atoms with van der Waals surface area (Å²) >= 11 is 0. The smallest absolute Gasteiger partial charge is 0.140 e. The van der Waals surface area contributed by atoms with E-state index < -0.39 is 0 Å². The molecule has 1 rings (SSSR count). The highest BCUT2D eigenvalue weighted by molar-refractivity contribution is 5.38. The molecule has 0 atom stereocenters. The number of hydrogen-bond acceptors (Lipinski definition) is 2. The van der Waals surface area contributed by atoms with Gasteiger partial charge >= 0.3 is 0 Å². The van der Waals surface area contributed by atoms with Gasteiger partial charge in [-0.1, -0.05) is 20.8 Å². The van der Waals surface area contributed by atoms with Crippen LogP contribution in [0.25, 0.3) is 0 Å². The number of nitrogens with zero attached hydrogens (tertiary/aromatic N) is 1. The van der Waals surface area contributed by atoms with Crippen molar-refractivity contribution in [1.29, 1.82) is 0 Å². The predicted molar refractivity (Wildman–Crippen MR) is 59.0 cm³/mol. The zero-order valence-corrected chi connectivity index (χ0v) is 9.93. The summed E-state index contributed by atoms with van der Waals surface area (Å²) in [7, 11) is 1.69. The van der Waals surface area contributed by atoms with Crippen molar-refractivity contribution in [1.82, 2.24) is 4.98 Å². The molecule has 0 amide bonds. The van der Waals surface area contributed by atoms with E-state index in [1.165, 1.54) is 5.56 Å². The van der Waals surface area contributed by atoms with Crippen LogP contribution in [0.4, 0.5) is 0 Å². The van der Waals surface area contributed by atoms with E-state index in [1.807, 2.05) is 13.8 Å². The fraction of sp³-hybridized carbons (Fsp3) is 0.583. The number of ether oxygens (including phenoxy) is 1. The highest BCUT2D eigenvalue weighted by atomic mass is 16.5. The maximum absolute atomic E-state index is 5.27. The summed E-state index contributed by atoms with van der Waals surface area (Å²) in [5.74, 6) is 0.875. The van der Waals surface area contributed by atoms with E-state index in [0.717, 1.165) is 17.1 Å². The Morgan fingerprint density at radius 3 is 2.14 bits per heavy atom. The molecule has 0 saturated carbocycles. The van der Waals surface area contributed by atoms with Gasteiger partial charge in [0.05, 0.1) is 12.8 Å².